The van der Waals surface area contributed by atoms with Crippen molar-refractivity contribution < 1.29 is 40.3 Å². The molecule has 0 unspecified atom stereocenters. The van der Waals surface area contributed by atoms with Crippen LogP contribution in [-0.4, -0.2) is 24.2 Å². The van der Waals surface area contributed by atoms with Gasteiger partial charge in [-0.3, -0.25) is 4.79 Å². The maximum atomic E-state index is 12.6. The number of rotatable bonds is 2. The fourth-order valence-electron chi connectivity index (χ4n) is 0.499. The van der Waals surface area contributed by atoms with Gasteiger partial charge in [0.1, 0.15) is 0 Å². The van der Waals surface area contributed by atoms with Crippen LogP contribution in [0.4, 0.5) is 30.7 Å². The highest BCUT2D eigenvalue weighted by Crippen LogP contribution is 2.47. The quantitative estimate of drug-likeness (QED) is 0.568. The van der Waals surface area contributed by atoms with Crippen LogP contribution >= 0.6 is 0 Å². The fraction of sp³-hybridized carbons (Fsp3) is 0.875. The van der Waals surface area contributed by atoms with E-state index in [1.54, 1.807) is 0 Å². The van der Waals surface area contributed by atoms with Crippen molar-refractivity contribution in [3.8, 4) is 0 Å². The molecule has 0 bridgehead atoms. The normalized spacial score (nSPS) is 14.7. The Bertz CT molecular complexity index is 300. The Morgan fingerprint density at radius 1 is 0.882 bits per heavy atom. The zero-order valence-electron chi connectivity index (χ0n) is 8.96. The smallest absolute Gasteiger partial charge is 0.396 e. The molecule has 0 heterocycles. The third-order valence-corrected chi connectivity index (χ3v) is 1.55. The number of halogens is 7. The van der Waals surface area contributed by atoms with E-state index in [-0.39, 0.29) is 0 Å². The standard InChI is InChI=1S/C8H9F7O2/c1-5(2,3)4(16)17-8(14,15)6(9,10)7(11,12)13/h1-3H3. The van der Waals surface area contributed by atoms with Gasteiger partial charge in [-0.1, -0.05) is 0 Å². The van der Waals surface area contributed by atoms with Crippen molar-refractivity contribution in [3.63, 3.8) is 0 Å². The van der Waals surface area contributed by atoms with E-state index in [4.69, 9.17) is 0 Å². The summed E-state index contributed by atoms with van der Waals surface area (Å²) in [6, 6.07) is 0. The predicted octanol–water partition coefficient (Wildman–Crippen LogP) is 3.37. The van der Waals surface area contributed by atoms with Gasteiger partial charge in [0.15, 0.2) is 0 Å². The topological polar surface area (TPSA) is 26.3 Å². The summed E-state index contributed by atoms with van der Waals surface area (Å²) in [7, 11) is 0. The van der Waals surface area contributed by atoms with Crippen LogP contribution in [0.25, 0.3) is 0 Å². The molecule has 0 fully saturated rings. The first-order chi connectivity index (χ1) is 7.13. The van der Waals surface area contributed by atoms with E-state index in [9.17, 15) is 35.5 Å². The van der Waals surface area contributed by atoms with E-state index in [0.29, 0.717) is 0 Å². The van der Waals surface area contributed by atoms with Gasteiger partial charge in [-0.15, -0.1) is 0 Å². The van der Waals surface area contributed by atoms with E-state index < -0.39 is 29.6 Å². The van der Waals surface area contributed by atoms with Crippen molar-refractivity contribution in [1.29, 1.82) is 0 Å². The second-order valence-electron chi connectivity index (χ2n) is 4.23. The van der Waals surface area contributed by atoms with Crippen molar-refractivity contribution in [2.75, 3.05) is 0 Å². The first kappa shape index (κ1) is 16.0. The largest absolute Gasteiger partial charge is 0.476 e. The lowest BCUT2D eigenvalue weighted by atomic mass is 9.97. The molecule has 17 heavy (non-hydrogen) atoms. The van der Waals surface area contributed by atoms with Crippen LogP contribution in [0.2, 0.25) is 0 Å². The SMILES string of the molecule is CC(C)(C)C(=O)OC(F)(F)C(F)(F)C(F)(F)F. The van der Waals surface area contributed by atoms with E-state index in [1.165, 1.54) is 0 Å². The molecule has 0 saturated heterocycles. The Kier molecular flexibility index (Phi) is 3.78. The Morgan fingerprint density at radius 2 is 1.24 bits per heavy atom. The van der Waals surface area contributed by atoms with Gasteiger partial charge in [-0.05, 0) is 20.8 Å². The molecule has 102 valence electrons. The van der Waals surface area contributed by atoms with Gasteiger partial charge >= 0.3 is 24.2 Å². The lowest BCUT2D eigenvalue weighted by Crippen LogP contribution is -2.54. The first-order valence-corrected chi connectivity index (χ1v) is 4.19. The van der Waals surface area contributed by atoms with Gasteiger partial charge < -0.3 is 4.74 Å². The van der Waals surface area contributed by atoms with Gasteiger partial charge in [-0.25, -0.2) is 0 Å². The molecule has 9 heteroatoms. The number of carbonyl (C=O) groups is 1. The fourth-order valence-corrected chi connectivity index (χ4v) is 0.499. The predicted molar refractivity (Wildman–Crippen MR) is 41.5 cm³/mol. The zero-order valence-corrected chi connectivity index (χ0v) is 8.96. The van der Waals surface area contributed by atoms with Crippen LogP contribution in [0.5, 0.6) is 0 Å². The summed E-state index contributed by atoms with van der Waals surface area (Å²) in [6.45, 7) is 3.07. The summed E-state index contributed by atoms with van der Waals surface area (Å²) in [5.41, 5.74) is -1.63. The molecule has 0 aliphatic carbocycles. The highest BCUT2D eigenvalue weighted by molar-refractivity contribution is 5.75. The van der Waals surface area contributed by atoms with Gasteiger partial charge in [0.05, 0.1) is 5.41 Å². The molecule has 0 saturated carbocycles. The number of hydrogen-bond acceptors (Lipinski definition) is 2. The molecule has 0 aliphatic heterocycles. The van der Waals surface area contributed by atoms with Crippen LogP contribution in [0, 0.1) is 5.41 Å². The van der Waals surface area contributed by atoms with Gasteiger partial charge in [-0.2, -0.15) is 30.7 Å². The van der Waals surface area contributed by atoms with Crippen LogP contribution in [0.1, 0.15) is 20.8 Å². The molecular weight excluding hydrogens is 261 g/mol. The molecule has 0 atom stereocenters. The van der Waals surface area contributed by atoms with Gasteiger partial charge in [0, 0.05) is 0 Å². The van der Waals surface area contributed by atoms with Gasteiger partial charge in [0.2, 0.25) is 0 Å². The van der Waals surface area contributed by atoms with Crippen LogP contribution in [0.15, 0.2) is 0 Å². The minimum atomic E-state index is -6.52. The Labute approximate surface area is 91.7 Å². The maximum Gasteiger partial charge on any atom is 0.476 e. The first-order valence-electron chi connectivity index (χ1n) is 4.19. The summed E-state index contributed by atoms with van der Waals surface area (Å²) < 4.78 is 87.7. The second-order valence-corrected chi connectivity index (χ2v) is 4.23. The monoisotopic (exact) mass is 270 g/mol. The second kappa shape index (κ2) is 4.02. The number of esters is 1. The van der Waals surface area contributed by atoms with Crippen LogP contribution in [0.3, 0.4) is 0 Å². The molecule has 0 aromatic rings. The summed E-state index contributed by atoms with van der Waals surface area (Å²) in [5.74, 6) is -8.31. The maximum absolute atomic E-state index is 12.6. The van der Waals surface area contributed by atoms with E-state index in [0.717, 1.165) is 20.8 Å². The molecule has 0 aliphatic rings. The third-order valence-electron chi connectivity index (χ3n) is 1.55. The summed E-state index contributed by atoms with van der Waals surface area (Å²) in [6.07, 6.45) is -12.5. The Balaban J connectivity index is 5.12. The summed E-state index contributed by atoms with van der Waals surface area (Å²) in [4.78, 5) is 10.9. The van der Waals surface area contributed by atoms with Crippen LogP contribution < -0.4 is 0 Å². The number of alkyl halides is 7. The number of carbonyl (C=O) groups excluding carboxylic acids is 1. The highest BCUT2D eigenvalue weighted by atomic mass is 19.4. The molecule has 0 rings (SSSR count). The lowest BCUT2D eigenvalue weighted by Gasteiger charge is -2.29. The van der Waals surface area contributed by atoms with Crippen molar-refractivity contribution in [1.82, 2.24) is 0 Å². The Hall–Kier alpha value is -1.02. The molecular formula is C8H9F7O2. The number of ether oxygens (including phenoxy) is 1. The summed E-state index contributed by atoms with van der Waals surface area (Å²) in [5, 5.41) is 0. The van der Waals surface area contributed by atoms with Crippen LogP contribution in [-0.2, 0) is 9.53 Å². The average Bonchev–Trinajstić information content (AvgIpc) is 1.98. The zero-order chi connectivity index (χ0) is 14.3. The molecule has 2 nitrogen and oxygen atoms in total. The van der Waals surface area contributed by atoms with Crippen molar-refractivity contribution in [2.24, 2.45) is 5.41 Å². The van der Waals surface area contributed by atoms with Crippen molar-refractivity contribution >= 4 is 5.97 Å². The average molecular weight is 270 g/mol. The van der Waals surface area contributed by atoms with E-state index in [2.05, 4.69) is 4.74 Å². The van der Waals surface area contributed by atoms with Crippen molar-refractivity contribution in [3.05, 3.63) is 0 Å². The third kappa shape index (κ3) is 3.22. The molecule has 0 radical (unpaired) electrons. The molecule has 0 aromatic carbocycles. The number of hydrogen-bond donors (Lipinski definition) is 0. The van der Waals surface area contributed by atoms with E-state index in [1.807, 2.05) is 0 Å². The van der Waals surface area contributed by atoms with Crippen molar-refractivity contribution in [2.45, 2.75) is 39.0 Å². The van der Waals surface area contributed by atoms with E-state index >= 15 is 0 Å². The Morgan fingerprint density at radius 3 is 1.47 bits per heavy atom. The minimum Gasteiger partial charge on any atom is -0.396 e. The molecule has 0 aromatic heterocycles. The highest BCUT2D eigenvalue weighted by Gasteiger charge is 2.76. The van der Waals surface area contributed by atoms with Gasteiger partial charge in [0.25, 0.3) is 0 Å². The lowest BCUT2D eigenvalue weighted by molar-refractivity contribution is -0.413. The molecule has 0 N–H and O–H groups in total. The molecule has 0 amide bonds. The molecule has 0 spiro atoms. The summed E-state index contributed by atoms with van der Waals surface area (Å²) >= 11 is 0. The minimum absolute atomic E-state index is 1.02.